The molecular formula is C12H14N2O2. The first-order valence-electron chi connectivity index (χ1n) is 5.30. The van der Waals surface area contributed by atoms with E-state index in [9.17, 15) is 4.79 Å². The minimum atomic E-state index is -0.532. The van der Waals surface area contributed by atoms with Crippen molar-refractivity contribution in [3.8, 4) is 0 Å². The van der Waals surface area contributed by atoms with Gasteiger partial charge < -0.3 is 4.74 Å². The third-order valence-corrected chi connectivity index (χ3v) is 2.66. The third kappa shape index (κ3) is 2.21. The van der Waals surface area contributed by atoms with E-state index in [0.717, 1.165) is 30.5 Å². The van der Waals surface area contributed by atoms with Gasteiger partial charge in [0.15, 0.2) is 0 Å². The predicted molar refractivity (Wildman–Crippen MR) is 61.5 cm³/mol. The minimum Gasteiger partial charge on any atom is -0.452 e. The van der Waals surface area contributed by atoms with Crippen LogP contribution in [0.4, 0.5) is 4.79 Å². The number of methoxy groups -OCH3 is 1. The van der Waals surface area contributed by atoms with E-state index in [4.69, 9.17) is 0 Å². The Kier molecular flexibility index (Phi) is 3.19. The van der Waals surface area contributed by atoms with Crippen molar-refractivity contribution >= 4 is 11.8 Å². The molecule has 2 rings (SSSR count). The number of nitrogens with zero attached hydrogens (tertiary/aromatic N) is 1. The van der Waals surface area contributed by atoms with E-state index in [0.29, 0.717) is 0 Å². The molecular weight excluding hydrogens is 204 g/mol. The van der Waals surface area contributed by atoms with Gasteiger partial charge in [0.05, 0.1) is 12.8 Å². The highest BCUT2D eigenvalue weighted by Crippen LogP contribution is 2.20. The maximum atomic E-state index is 10.9. The summed E-state index contributed by atoms with van der Waals surface area (Å²) in [4.78, 5) is 10.9. The van der Waals surface area contributed by atoms with Gasteiger partial charge >= 0.3 is 6.09 Å². The molecule has 0 fully saturated rings. The summed E-state index contributed by atoms with van der Waals surface area (Å²) < 4.78 is 4.47. The Labute approximate surface area is 94.3 Å². The average molecular weight is 218 g/mol. The summed E-state index contributed by atoms with van der Waals surface area (Å²) in [6.45, 7) is 0. The van der Waals surface area contributed by atoms with E-state index in [1.54, 1.807) is 0 Å². The van der Waals surface area contributed by atoms with Crippen molar-refractivity contribution in [1.29, 1.82) is 0 Å². The second-order valence-electron chi connectivity index (χ2n) is 3.67. The molecule has 1 N–H and O–H groups in total. The molecule has 0 heterocycles. The zero-order valence-corrected chi connectivity index (χ0v) is 9.19. The van der Waals surface area contributed by atoms with Gasteiger partial charge in [-0.2, -0.15) is 5.10 Å². The number of carbonyl (C=O) groups excluding carboxylic acids is 1. The van der Waals surface area contributed by atoms with Gasteiger partial charge in [0.2, 0.25) is 0 Å². The van der Waals surface area contributed by atoms with Crippen molar-refractivity contribution in [3.63, 3.8) is 0 Å². The van der Waals surface area contributed by atoms with E-state index < -0.39 is 6.09 Å². The van der Waals surface area contributed by atoms with E-state index in [-0.39, 0.29) is 0 Å². The lowest BCUT2D eigenvalue weighted by Gasteiger charge is -2.17. The number of carbonyl (C=O) groups is 1. The summed E-state index contributed by atoms with van der Waals surface area (Å²) in [7, 11) is 1.32. The van der Waals surface area contributed by atoms with Crippen molar-refractivity contribution in [2.24, 2.45) is 5.10 Å². The Bertz CT molecular complexity index is 427. The van der Waals surface area contributed by atoms with Crippen LogP contribution in [0, 0.1) is 0 Å². The van der Waals surface area contributed by atoms with E-state index in [2.05, 4.69) is 21.3 Å². The van der Waals surface area contributed by atoms with Crippen LogP contribution in [0.15, 0.2) is 29.4 Å². The molecule has 1 aromatic rings. The highest BCUT2D eigenvalue weighted by molar-refractivity contribution is 6.02. The smallest absolute Gasteiger partial charge is 0.427 e. The molecule has 1 aromatic carbocycles. The van der Waals surface area contributed by atoms with Gasteiger partial charge in [-0.25, -0.2) is 10.2 Å². The molecule has 1 aliphatic carbocycles. The summed E-state index contributed by atoms with van der Waals surface area (Å²) in [5.74, 6) is 0. The lowest BCUT2D eigenvalue weighted by atomic mass is 9.90. The fourth-order valence-corrected chi connectivity index (χ4v) is 1.88. The van der Waals surface area contributed by atoms with Crippen molar-refractivity contribution in [3.05, 3.63) is 35.4 Å². The van der Waals surface area contributed by atoms with Gasteiger partial charge in [-0.15, -0.1) is 0 Å². The largest absolute Gasteiger partial charge is 0.452 e. The summed E-state index contributed by atoms with van der Waals surface area (Å²) in [5, 5.41) is 4.09. The standard InChI is InChI=1S/C12H14N2O2/c1-16-12(15)14-13-11-8-4-6-9-5-2-3-7-10(9)11/h2-3,5,7H,4,6,8H2,1H3,(H,14,15)/b13-11-. The molecule has 0 aromatic heterocycles. The van der Waals surface area contributed by atoms with Crippen LogP contribution >= 0.6 is 0 Å². The molecule has 0 atom stereocenters. The lowest BCUT2D eigenvalue weighted by Crippen LogP contribution is -2.21. The average Bonchev–Trinajstić information content (AvgIpc) is 2.35. The molecule has 1 aliphatic rings. The first-order chi connectivity index (χ1) is 7.81. The normalized spacial score (nSPS) is 16.7. The van der Waals surface area contributed by atoms with Gasteiger partial charge in [0.25, 0.3) is 0 Å². The molecule has 4 heteroatoms. The van der Waals surface area contributed by atoms with Crippen LogP contribution in [0.2, 0.25) is 0 Å². The number of rotatable bonds is 1. The van der Waals surface area contributed by atoms with E-state index >= 15 is 0 Å². The molecule has 16 heavy (non-hydrogen) atoms. The highest BCUT2D eigenvalue weighted by atomic mass is 16.5. The molecule has 0 aliphatic heterocycles. The number of nitrogens with one attached hydrogen (secondary N) is 1. The molecule has 0 radical (unpaired) electrons. The van der Waals surface area contributed by atoms with Gasteiger partial charge in [-0.3, -0.25) is 0 Å². The first kappa shape index (κ1) is 10.7. The highest BCUT2D eigenvalue weighted by Gasteiger charge is 2.14. The van der Waals surface area contributed by atoms with Crippen molar-refractivity contribution < 1.29 is 9.53 Å². The molecule has 1 amide bonds. The third-order valence-electron chi connectivity index (χ3n) is 2.66. The first-order valence-corrected chi connectivity index (χ1v) is 5.30. The molecule has 0 saturated carbocycles. The zero-order chi connectivity index (χ0) is 11.4. The quantitative estimate of drug-likeness (QED) is 0.734. The van der Waals surface area contributed by atoms with Crippen molar-refractivity contribution in [2.75, 3.05) is 7.11 Å². The summed E-state index contributed by atoms with van der Waals surface area (Å²) in [6, 6.07) is 8.14. The van der Waals surface area contributed by atoms with Crippen molar-refractivity contribution in [1.82, 2.24) is 5.43 Å². The van der Waals surface area contributed by atoms with E-state index in [1.165, 1.54) is 12.7 Å². The number of ether oxygens (including phenoxy) is 1. The molecule has 4 nitrogen and oxygen atoms in total. The number of hydrogen-bond donors (Lipinski definition) is 1. The van der Waals surface area contributed by atoms with Gasteiger partial charge in [0.1, 0.15) is 0 Å². The topological polar surface area (TPSA) is 50.7 Å². The molecule has 84 valence electrons. The summed E-state index contributed by atoms with van der Waals surface area (Å²) in [5.41, 5.74) is 5.71. The second-order valence-corrected chi connectivity index (χ2v) is 3.67. The number of hydrazone groups is 1. The number of amides is 1. The minimum absolute atomic E-state index is 0.532. The Morgan fingerprint density at radius 3 is 3.00 bits per heavy atom. The monoisotopic (exact) mass is 218 g/mol. The van der Waals surface area contributed by atoms with Crippen LogP contribution in [-0.2, 0) is 11.2 Å². The Balaban J connectivity index is 2.21. The molecule has 0 bridgehead atoms. The van der Waals surface area contributed by atoms with Gasteiger partial charge in [-0.05, 0) is 24.8 Å². The van der Waals surface area contributed by atoms with Crippen LogP contribution in [0.3, 0.4) is 0 Å². The van der Waals surface area contributed by atoms with Crippen molar-refractivity contribution in [2.45, 2.75) is 19.3 Å². The zero-order valence-electron chi connectivity index (χ0n) is 9.19. The van der Waals surface area contributed by atoms with Crippen LogP contribution in [0.5, 0.6) is 0 Å². The molecule has 0 saturated heterocycles. The Hall–Kier alpha value is -1.84. The number of fused-ring (bicyclic) bond motifs is 1. The SMILES string of the molecule is COC(=O)N/N=C1/CCCc2ccccc21. The second kappa shape index (κ2) is 4.79. The summed E-state index contributed by atoms with van der Waals surface area (Å²) >= 11 is 0. The Morgan fingerprint density at radius 2 is 2.19 bits per heavy atom. The predicted octanol–water partition coefficient (Wildman–Crippen LogP) is 2.08. The van der Waals surface area contributed by atoms with Crippen LogP contribution in [0.1, 0.15) is 24.0 Å². The van der Waals surface area contributed by atoms with Crippen LogP contribution < -0.4 is 5.43 Å². The van der Waals surface area contributed by atoms with Gasteiger partial charge in [0, 0.05) is 5.56 Å². The van der Waals surface area contributed by atoms with Gasteiger partial charge in [-0.1, -0.05) is 24.3 Å². The van der Waals surface area contributed by atoms with Crippen LogP contribution in [-0.4, -0.2) is 18.9 Å². The molecule has 0 unspecified atom stereocenters. The summed E-state index contributed by atoms with van der Waals surface area (Å²) in [6.07, 6.45) is 2.50. The fraction of sp³-hybridized carbons (Fsp3) is 0.333. The number of hydrogen-bond acceptors (Lipinski definition) is 3. The number of benzene rings is 1. The Morgan fingerprint density at radius 1 is 1.38 bits per heavy atom. The van der Waals surface area contributed by atoms with E-state index in [1.807, 2.05) is 18.2 Å². The number of aryl methyl sites for hydroxylation is 1. The lowest BCUT2D eigenvalue weighted by molar-refractivity contribution is 0.171. The van der Waals surface area contributed by atoms with Crippen LogP contribution in [0.25, 0.3) is 0 Å². The fourth-order valence-electron chi connectivity index (χ4n) is 1.88. The molecule has 0 spiro atoms. The maximum Gasteiger partial charge on any atom is 0.427 e. The maximum absolute atomic E-state index is 10.9.